The molecule has 14 heavy (non-hydrogen) atoms. The third kappa shape index (κ3) is 2.68. The van der Waals surface area contributed by atoms with Gasteiger partial charge in [0.15, 0.2) is 10.9 Å². The van der Waals surface area contributed by atoms with Crippen molar-refractivity contribution in [3.63, 3.8) is 0 Å². The summed E-state index contributed by atoms with van der Waals surface area (Å²) in [5.41, 5.74) is 0.829. The predicted octanol–water partition coefficient (Wildman–Crippen LogP) is 1.02. The lowest BCUT2D eigenvalue weighted by Crippen LogP contribution is -2.00. The van der Waals surface area contributed by atoms with Crippen molar-refractivity contribution in [2.45, 2.75) is 12.8 Å². The molecule has 1 aromatic rings. The van der Waals surface area contributed by atoms with Gasteiger partial charge in [-0.3, -0.25) is 0 Å². The highest BCUT2D eigenvalue weighted by molar-refractivity contribution is 6.69. The molecule has 78 valence electrons. The first-order valence-electron chi connectivity index (χ1n) is 3.98. The van der Waals surface area contributed by atoms with E-state index in [1.54, 1.807) is 7.11 Å². The molecule has 0 atom stereocenters. The van der Waals surface area contributed by atoms with Gasteiger partial charge in [0.1, 0.15) is 5.69 Å². The van der Waals surface area contributed by atoms with E-state index in [-0.39, 0.29) is 10.9 Å². The van der Waals surface area contributed by atoms with Crippen LogP contribution in [-0.2, 0) is 11.2 Å². The first kappa shape index (κ1) is 10.9. The second kappa shape index (κ2) is 5.56. The van der Waals surface area contributed by atoms with Crippen molar-refractivity contribution in [2.24, 2.45) is 5.16 Å². The van der Waals surface area contributed by atoms with E-state index in [0.29, 0.717) is 18.7 Å². The van der Waals surface area contributed by atoms with Crippen LogP contribution in [0.4, 0.5) is 0 Å². The van der Waals surface area contributed by atoms with Crippen LogP contribution in [0.1, 0.15) is 17.8 Å². The molecule has 1 aromatic heterocycles. The zero-order valence-electron chi connectivity index (χ0n) is 7.60. The fourth-order valence-corrected chi connectivity index (χ4v) is 1.10. The minimum Gasteiger partial charge on any atom is -0.410 e. The lowest BCUT2D eigenvalue weighted by Gasteiger charge is -1.96. The quantitative estimate of drug-likeness (QED) is 0.346. The molecule has 1 N–H and O–H groups in total. The number of hydrogen-bond donors (Lipinski definition) is 1. The predicted molar refractivity (Wildman–Crippen MR) is 48.7 cm³/mol. The fraction of sp³-hybridized carbons (Fsp3) is 0.571. The van der Waals surface area contributed by atoms with Gasteiger partial charge in [-0.1, -0.05) is 21.9 Å². The molecule has 0 radical (unpaired) electrons. The van der Waals surface area contributed by atoms with Crippen LogP contribution in [0, 0.1) is 0 Å². The van der Waals surface area contributed by atoms with Gasteiger partial charge in [0.2, 0.25) is 0 Å². The molecule has 7 heteroatoms. The number of ether oxygens (including phenoxy) is 1. The Hall–Kier alpha value is -1.14. The summed E-state index contributed by atoms with van der Waals surface area (Å²) < 4.78 is 9.36. The summed E-state index contributed by atoms with van der Waals surface area (Å²) in [5.74, 6) is 0. The van der Waals surface area contributed by atoms with Crippen molar-refractivity contribution in [2.75, 3.05) is 13.7 Å². The topological polar surface area (TPSA) is 80.7 Å². The number of aryl methyl sites for hydroxylation is 1. The standard InChI is InChI=1S/C7H10ClN3O3/c1-13-4-2-3-5-6(7(8)9-12)11-14-10-5/h12H,2-4H2,1H3. The molecule has 0 unspecified atom stereocenters. The Labute approximate surface area is 85.5 Å². The van der Waals surface area contributed by atoms with Crippen LogP contribution in [-0.4, -0.2) is 34.4 Å². The van der Waals surface area contributed by atoms with Gasteiger partial charge in [-0.15, -0.1) is 0 Å². The van der Waals surface area contributed by atoms with Gasteiger partial charge in [-0.2, -0.15) is 0 Å². The molecule has 0 bridgehead atoms. The molecule has 1 rings (SSSR count). The second-order valence-corrected chi connectivity index (χ2v) is 2.90. The van der Waals surface area contributed by atoms with E-state index in [4.69, 9.17) is 21.5 Å². The first-order chi connectivity index (χ1) is 6.79. The molecular formula is C7H10ClN3O3. The highest BCUT2D eigenvalue weighted by Crippen LogP contribution is 2.09. The molecule has 0 spiro atoms. The Kier molecular flexibility index (Phi) is 4.34. The number of methoxy groups -OCH3 is 1. The largest absolute Gasteiger partial charge is 0.410 e. The molecule has 0 fully saturated rings. The fourth-order valence-electron chi connectivity index (χ4n) is 0.959. The molecule has 0 aliphatic rings. The Bertz CT molecular complexity index is 313. The normalized spacial score (nSPS) is 12.0. The average molecular weight is 220 g/mol. The van der Waals surface area contributed by atoms with Gasteiger partial charge in [-0.05, 0) is 18.0 Å². The van der Waals surface area contributed by atoms with E-state index in [2.05, 4.69) is 20.1 Å². The van der Waals surface area contributed by atoms with Gasteiger partial charge in [-0.25, -0.2) is 4.63 Å². The van der Waals surface area contributed by atoms with Crippen LogP contribution in [0.5, 0.6) is 0 Å². The number of nitrogens with zero attached hydrogens (tertiary/aromatic N) is 3. The summed E-state index contributed by atoms with van der Waals surface area (Å²) in [6.07, 6.45) is 1.38. The summed E-state index contributed by atoms with van der Waals surface area (Å²) in [7, 11) is 1.62. The monoisotopic (exact) mass is 219 g/mol. The Balaban J connectivity index is 2.63. The summed E-state index contributed by atoms with van der Waals surface area (Å²) in [4.78, 5) is 0. The molecule has 0 aliphatic carbocycles. The average Bonchev–Trinajstić information content (AvgIpc) is 2.65. The van der Waals surface area contributed by atoms with Gasteiger partial charge in [0.25, 0.3) is 0 Å². The van der Waals surface area contributed by atoms with E-state index in [9.17, 15) is 0 Å². The van der Waals surface area contributed by atoms with Crippen LogP contribution < -0.4 is 0 Å². The van der Waals surface area contributed by atoms with Crippen LogP contribution in [0.15, 0.2) is 9.78 Å². The van der Waals surface area contributed by atoms with Gasteiger partial charge in [0, 0.05) is 13.7 Å². The zero-order chi connectivity index (χ0) is 10.4. The molecular weight excluding hydrogens is 210 g/mol. The van der Waals surface area contributed by atoms with Crippen LogP contribution in [0.25, 0.3) is 0 Å². The van der Waals surface area contributed by atoms with Crippen LogP contribution in [0.3, 0.4) is 0 Å². The van der Waals surface area contributed by atoms with Gasteiger partial charge >= 0.3 is 0 Å². The maximum absolute atomic E-state index is 8.42. The van der Waals surface area contributed by atoms with Crippen molar-refractivity contribution in [1.82, 2.24) is 10.3 Å². The maximum Gasteiger partial charge on any atom is 0.199 e. The Morgan fingerprint density at radius 2 is 2.43 bits per heavy atom. The minimum atomic E-state index is -0.126. The van der Waals surface area contributed by atoms with Crippen molar-refractivity contribution in [1.29, 1.82) is 0 Å². The summed E-state index contributed by atoms with van der Waals surface area (Å²) in [6.45, 7) is 0.611. The smallest absolute Gasteiger partial charge is 0.199 e. The molecule has 0 aliphatic heterocycles. The minimum absolute atomic E-state index is 0.126. The number of hydrogen-bond acceptors (Lipinski definition) is 6. The van der Waals surface area contributed by atoms with E-state index in [0.717, 1.165) is 6.42 Å². The Morgan fingerprint density at radius 3 is 3.07 bits per heavy atom. The van der Waals surface area contributed by atoms with Crippen LogP contribution >= 0.6 is 11.6 Å². The number of oxime groups is 1. The highest BCUT2D eigenvalue weighted by Gasteiger charge is 2.14. The zero-order valence-corrected chi connectivity index (χ0v) is 8.36. The van der Waals surface area contributed by atoms with Crippen LogP contribution in [0.2, 0.25) is 0 Å². The van der Waals surface area contributed by atoms with Crippen molar-refractivity contribution < 1.29 is 14.6 Å². The van der Waals surface area contributed by atoms with E-state index in [1.807, 2.05) is 0 Å². The number of aromatic nitrogens is 2. The summed E-state index contributed by atoms with van der Waals surface area (Å²) in [6, 6.07) is 0. The molecule has 0 aromatic carbocycles. The third-order valence-electron chi connectivity index (χ3n) is 1.60. The summed E-state index contributed by atoms with van der Waals surface area (Å²) >= 11 is 5.56. The lowest BCUT2D eigenvalue weighted by molar-refractivity contribution is 0.194. The SMILES string of the molecule is COCCCc1nonc1C(Cl)=NO. The molecule has 0 amide bonds. The second-order valence-electron chi connectivity index (χ2n) is 2.55. The van der Waals surface area contributed by atoms with Crippen molar-refractivity contribution in [3.8, 4) is 0 Å². The first-order valence-corrected chi connectivity index (χ1v) is 4.35. The highest BCUT2D eigenvalue weighted by atomic mass is 35.5. The number of rotatable bonds is 5. The van der Waals surface area contributed by atoms with E-state index < -0.39 is 0 Å². The van der Waals surface area contributed by atoms with E-state index in [1.165, 1.54) is 0 Å². The summed E-state index contributed by atoms with van der Waals surface area (Å²) in [5, 5.41) is 18.3. The molecule has 0 saturated carbocycles. The lowest BCUT2D eigenvalue weighted by atomic mass is 10.2. The molecule has 1 heterocycles. The Morgan fingerprint density at radius 1 is 1.64 bits per heavy atom. The molecule has 0 saturated heterocycles. The van der Waals surface area contributed by atoms with Gasteiger partial charge in [0.05, 0.1) is 0 Å². The van der Waals surface area contributed by atoms with Gasteiger partial charge < -0.3 is 9.94 Å². The van der Waals surface area contributed by atoms with Crippen molar-refractivity contribution >= 4 is 16.8 Å². The number of halogens is 1. The van der Waals surface area contributed by atoms with E-state index >= 15 is 0 Å². The molecule has 6 nitrogen and oxygen atoms in total. The van der Waals surface area contributed by atoms with Crippen molar-refractivity contribution in [3.05, 3.63) is 11.4 Å². The maximum atomic E-state index is 8.42. The third-order valence-corrected chi connectivity index (χ3v) is 1.86.